The first-order chi connectivity index (χ1) is 10.1. The molecule has 1 saturated heterocycles. The van der Waals surface area contributed by atoms with E-state index < -0.39 is 13.5 Å². The van der Waals surface area contributed by atoms with Crippen LogP contribution in [0.2, 0.25) is 0 Å². The molecular formula is C17H26Cl2N2Ru-2. The molecule has 1 aliphatic heterocycles. The molecule has 1 saturated carbocycles. The number of benzene rings is 1. The predicted octanol–water partition coefficient (Wildman–Crippen LogP) is 5.05. The van der Waals surface area contributed by atoms with Gasteiger partial charge in [0.05, 0.1) is 0 Å². The van der Waals surface area contributed by atoms with Crippen LogP contribution in [0.5, 0.6) is 0 Å². The number of halogens is 2. The molecule has 1 aliphatic carbocycles. The Morgan fingerprint density at radius 3 is 2.23 bits per heavy atom. The minimum absolute atomic E-state index is 0. The van der Waals surface area contributed by atoms with Crippen molar-refractivity contribution in [2.24, 2.45) is 0 Å². The summed E-state index contributed by atoms with van der Waals surface area (Å²) in [6.45, 7) is 4.16. The maximum absolute atomic E-state index is 5.32. The van der Waals surface area contributed by atoms with Crippen LogP contribution in [0, 0.1) is 14.1 Å². The van der Waals surface area contributed by atoms with Crippen molar-refractivity contribution in [3.63, 3.8) is 0 Å². The monoisotopic (exact) mass is 430 g/mol. The Morgan fingerprint density at radius 2 is 1.68 bits per heavy atom. The Morgan fingerprint density at radius 1 is 1.14 bits per heavy atom. The molecule has 3 rings (SSSR count). The van der Waals surface area contributed by atoms with Gasteiger partial charge in [-0.1, -0.05) is 31.0 Å². The third-order valence-corrected chi connectivity index (χ3v) is 6.67. The molecule has 1 aromatic rings. The summed E-state index contributed by atoms with van der Waals surface area (Å²) in [4.78, 5) is 4.86. The van der Waals surface area contributed by atoms with Gasteiger partial charge < -0.3 is 17.2 Å². The molecule has 0 N–H and O–H groups in total. The van der Waals surface area contributed by atoms with Crippen LogP contribution in [0.3, 0.4) is 0 Å². The second kappa shape index (κ2) is 10.0. The van der Waals surface area contributed by atoms with E-state index in [2.05, 4.69) is 53.8 Å². The van der Waals surface area contributed by atoms with Crippen molar-refractivity contribution < 1.29 is 13.5 Å². The molecule has 0 bridgehead atoms. The number of likely N-dealkylation sites (N-methyl/N-ethyl adjacent to an activating group) is 1. The Balaban J connectivity index is 0.000000356. The van der Waals surface area contributed by atoms with E-state index in [1.165, 1.54) is 31.4 Å². The van der Waals surface area contributed by atoms with E-state index in [1.54, 1.807) is 0 Å². The fraction of sp³-hybridized carbons (Fsp3) is 0.471. The SMILES string of the molecule is CN1[CH-]N(c2ccccc2)[C@@H]2CCCC[C@H]21.C[CH]=[Ru]([Cl])[Cl].[CH3-]. The van der Waals surface area contributed by atoms with Gasteiger partial charge in [-0.15, -0.1) is 0 Å². The molecule has 2 fully saturated rings. The Bertz CT molecular complexity index is 463. The minimum atomic E-state index is -1.36. The third kappa shape index (κ3) is 5.30. The second-order valence-corrected chi connectivity index (χ2v) is 11.6. The molecule has 0 radical (unpaired) electrons. The van der Waals surface area contributed by atoms with Gasteiger partial charge in [0.15, 0.2) is 0 Å². The predicted molar refractivity (Wildman–Crippen MR) is 96.9 cm³/mol. The third-order valence-electron chi connectivity index (χ3n) is 4.09. The number of para-hydroxylation sites is 1. The molecule has 5 heteroatoms. The minimum Gasteiger partial charge on any atom is -0.358 e. The zero-order valence-corrected chi connectivity index (χ0v) is 16.8. The van der Waals surface area contributed by atoms with Crippen molar-refractivity contribution >= 4 is 29.7 Å². The summed E-state index contributed by atoms with van der Waals surface area (Å²) >= 11 is -1.36. The Kier molecular flexibility index (Phi) is 9.16. The molecule has 1 aromatic carbocycles. The van der Waals surface area contributed by atoms with Crippen molar-refractivity contribution in [2.75, 3.05) is 11.9 Å². The number of nitrogens with zero attached hydrogens (tertiary/aromatic N) is 2. The van der Waals surface area contributed by atoms with Crippen LogP contribution < -0.4 is 4.90 Å². The van der Waals surface area contributed by atoms with E-state index in [9.17, 15) is 0 Å². The molecule has 2 atom stereocenters. The average Bonchev–Trinajstić information content (AvgIpc) is 2.86. The van der Waals surface area contributed by atoms with Crippen molar-refractivity contribution in [2.45, 2.75) is 44.7 Å². The van der Waals surface area contributed by atoms with Gasteiger partial charge in [-0.25, -0.2) is 0 Å². The van der Waals surface area contributed by atoms with E-state index in [1.807, 2.05) is 11.5 Å². The first kappa shape index (κ1) is 20.1. The first-order valence-corrected chi connectivity index (χ1v) is 12.8. The van der Waals surface area contributed by atoms with Gasteiger partial charge in [-0.05, 0) is 32.0 Å². The van der Waals surface area contributed by atoms with E-state index >= 15 is 0 Å². The van der Waals surface area contributed by atoms with Crippen LogP contribution in [0.1, 0.15) is 32.6 Å². The first-order valence-electron chi connectivity index (χ1n) is 7.31. The smallest absolute Gasteiger partial charge is 0.358 e. The van der Waals surface area contributed by atoms with Crippen LogP contribution >= 0.6 is 19.4 Å². The fourth-order valence-corrected chi connectivity index (χ4v) is 3.12. The standard InChI is InChI=1S/C14H19N2.C2H4.CH3.2ClH.Ru/c1-15-11-16(12-7-3-2-4-8-12)14-10-6-5-9-13(14)15;1-2;;;;/h2-4,7-8,11,13-14H,5-6,9-10H2,1H3;1H,2H3;1H3;2*1H;/q-1;;-1;;;+2/p-2/t13-,14-;;;;;/m1...../s1. The Hall–Kier alpha value is 0.0534. The molecule has 128 valence electrons. The van der Waals surface area contributed by atoms with Crippen LogP contribution in [0.4, 0.5) is 5.69 Å². The van der Waals surface area contributed by atoms with Crippen LogP contribution in [-0.4, -0.2) is 28.6 Å². The number of anilines is 1. The summed E-state index contributed by atoms with van der Waals surface area (Å²) in [5, 5.41) is 0. The molecule has 0 aromatic heterocycles. The van der Waals surface area contributed by atoms with Gasteiger partial charge in [-0.2, -0.15) is 6.67 Å². The quantitative estimate of drug-likeness (QED) is 0.454. The molecule has 0 spiro atoms. The summed E-state index contributed by atoms with van der Waals surface area (Å²) < 4.78 is 1.84. The van der Waals surface area contributed by atoms with Crippen molar-refractivity contribution in [1.29, 1.82) is 0 Å². The average molecular weight is 430 g/mol. The van der Waals surface area contributed by atoms with Gasteiger partial charge in [0.1, 0.15) is 0 Å². The molecule has 1 heterocycles. The summed E-state index contributed by atoms with van der Waals surface area (Å²) in [7, 11) is 12.8. The molecule has 2 nitrogen and oxygen atoms in total. The Labute approximate surface area is 148 Å². The van der Waals surface area contributed by atoms with Gasteiger partial charge in [0, 0.05) is 17.8 Å². The summed E-state index contributed by atoms with van der Waals surface area (Å²) in [5.41, 5.74) is 1.34. The van der Waals surface area contributed by atoms with Crippen molar-refractivity contribution in [3.05, 3.63) is 44.4 Å². The maximum atomic E-state index is 5.32. The molecule has 22 heavy (non-hydrogen) atoms. The summed E-state index contributed by atoms with van der Waals surface area (Å²) in [6.07, 6.45) is 5.45. The van der Waals surface area contributed by atoms with E-state index in [4.69, 9.17) is 19.4 Å². The van der Waals surface area contributed by atoms with Crippen LogP contribution in [0.15, 0.2) is 30.3 Å². The molecule has 2 aliphatic rings. The zero-order valence-electron chi connectivity index (χ0n) is 13.5. The number of rotatable bonds is 1. The van der Waals surface area contributed by atoms with Crippen LogP contribution in [-0.2, 0) is 13.5 Å². The number of hydrogen-bond donors (Lipinski definition) is 0. The maximum Gasteiger partial charge on any atom is -0.358 e. The fourth-order valence-electron chi connectivity index (χ4n) is 3.12. The molecular weight excluding hydrogens is 404 g/mol. The van der Waals surface area contributed by atoms with Gasteiger partial charge >= 0.3 is 44.4 Å². The van der Waals surface area contributed by atoms with Gasteiger partial charge in [-0.3, -0.25) is 0 Å². The van der Waals surface area contributed by atoms with E-state index in [0.29, 0.717) is 6.04 Å². The molecule has 0 unspecified atom stereocenters. The molecule has 0 amide bonds. The van der Waals surface area contributed by atoms with E-state index in [-0.39, 0.29) is 7.43 Å². The topological polar surface area (TPSA) is 6.48 Å². The van der Waals surface area contributed by atoms with Gasteiger partial charge in [0.2, 0.25) is 0 Å². The van der Waals surface area contributed by atoms with Crippen LogP contribution in [0.25, 0.3) is 0 Å². The normalized spacial score (nSPS) is 24.5. The summed E-state index contributed by atoms with van der Waals surface area (Å²) in [5.74, 6) is 0. The van der Waals surface area contributed by atoms with Crippen molar-refractivity contribution in [1.82, 2.24) is 4.90 Å². The number of fused-ring (bicyclic) bond motifs is 1. The largest absolute Gasteiger partial charge is 0.358 e. The number of hydrogen-bond acceptors (Lipinski definition) is 2. The van der Waals surface area contributed by atoms with Gasteiger partial charge in [0.25, 0.3) is 0 Å². The van der Waals surface area contributed by atoms with E-state index in [0.717, 1.165) is 6.04 Å². The summed E-state index contributed by atoms with van der Waals surface area (Å²) in [6, 6.07) is 12.2. The second-order valence-electron chi connectivity index (χ2n) is 5.35. The zero-order chi connectivity index (χ0) is 15.2. The van der Waals surface area contributed by atoms with Crippen molar-refractivity contribution in [3.8, 4) is 0 Å².